The van der Waals surface area contributed by atoms with Gasteiger partial charge in [-0.3, -0.25) is 9.59 Å². The van der Waals surface area contributed by atoms with Crippen molar-refractivity contribution >= 4 is 23.7 Å². The fourth-order valence-electron chi connectivity index (χ4n) is 3.81. The first-order valence-electron chi connectivity index (χ1n) is 12.0. The number of allylic oxidation sites excluding steroid dienone is 3. The Hall–Kier alpha value is -2.05. The lowest BCUT2D eigenvalue weighted by atomic mass is 9.94. The highest BCUT2D eigenvalue weighted by Crippen LogP contribution is 2.41. The van der Waals surface area contributed by atoms with Crippen LogP contribution in [0, 0.1) is 5.92 Å². The summed E-state index contributed by atoms with van der Waals surface area (Å²) in [5.41, 5.74) is 1.10. The van der Waals surface area contributed by atoms with Gasteiger partial charge in [0.25, 0.3) is 0 Å². The molecule has 1 aliphatic carbocycles. The Kier molecular flexibility index (Phi) is 12.3. The van der Waals surface area contributed by atoms with E-state index in [0.29, 0.717) is 12.8 Å². The number of ether oxygens (including phenoxy) is 2. The van der Waals surface area contributed by atoms with Crippen LogP contribution in [0.15, 0.2) is 53.1 Å². The Bertz CT molecular complexity index is 802. The molecular formula is C27H38O5S. The average Bonchev–Trinajstić information content (AvgIpc) is 3.20. The molecule has 182 valence electrons. The van der Waals surface area contributed by atoms with Crippen LogP contribution in [0.4, 0.5) is 0 Å². The number of methoxy groups -OCH3 is 1. The number of hydrogen-bond donors (Lipinski definition) is 1. The van der Waals surface area contributed by atoms with Gasteiger partial charge in [-0.15, -0.1) is 11.8 Å². The molecule has 1 N–H and O–H groups in total. The maximum Gasteiger partial charge on any atom is 0.310 e. The van der Waals surface area contributed by atoms with Crippen molar-refractivity contribution in [2.45, 2.75) is 77.2 Å². The Morgan fingerprint density at radius 2 is 1.91 bits per heavy atom. The van der Waals surface area contributed by atoms with Crippen LogP contribution in [0.5, 0.6) is 0 Å². The second-order valence-corrected chi connectivity index (χ2v) is 9.60. The summed E-state index contributed by atoms with van der Waals surface area (Å²) in [6, 6.07) is 10.0. The van der Waals surface area contributed by atoms with E-state index in [1.165, 1.54) is 7.11 Å². The highest BCUT2D eigenvalue weighted by atomic mass is 32.2. The first-order valence-corrected chi connectivity index (χ1v) is 13.0. The zero-order valence-electron chi connectivity index (χ0n) is 20.1. The van der Waals surface area contributed by atoms with Crippen molar-refractivity contribution in [3.8, 4) is 0 Å². The lowest BCUT2D eigenvalue weighted by molar-refractivity contribution is -0.141. The molecular weight excluding hydrogens is 436 g/mol. The number of carbonyl (C=O) groups is 2. The number of hydrogen-bond acceptors (Lipinski definition) is 6. The predicted molar refractivity (Wildman–Crippen MR) is 134 cm³/mol. The van der Waals surface area contributed by atoms with E-state index in [-0.39, 0.29) is 23.8 Å². The standard InChI is InChI=1S/C27H38O5S/c1-4-11-26(30)32-24-18-16-22(27(24)33-19-10-6-9-14-25(29)31-3)15-17-23(28)20(2)21-12-7-5-8-13-21/h5,7-8,12-13,15,17,20,22-23,28H,4,6,9-11,14,16,18-19H2,1-3H3/b17-15+. The van der Waals surface area contributed by atoms with Crippen molar-refractivity contribution < 1.29 is 24.2 Å². The van der Waals surface area contributed by atoms with Crippen molar-refractivity contribution in [3.05, 3.63) is 58.7 Å². The van der Waals surface area contributed by atoms with Gasteiger partial charge in [0.1, 0.15) is 5.76 Å². The van der Waals surface area contributed by atoms with Gasteiger partial charge >= 0.3 is 11.9 Å². The minimum Gasteiger partial charge on any atom is -0.469 e. The number of esters is 2. The van der Waals surface area contributed by atoms with E-state index in [0.717, 1.165) is 60.5 Å². The molecule has 0 aliphatic heterocycles. The monoisotopic (exact) mass is 474 g/mol. The van der Waals surface area contributed by atoms with Gasteiger partial charge in [-0.2, -0.15) is 0 Å². The van der Waals surface area contributed by atoms with E-state index in [9.17, 15) is 14.7 Å². The molecule has 0 radical (unpaired) electrons. The van der Waals surface area contributed by atoms with Gasteiger partial charge in [-0.05, 0) is 37.0 Å². The minimum absolute atomic E-state index is 0.000555. The Balaban J connectivity index is 1.98. The van der Waals surface area contributed by atoms with Crippen LogP contribution in [0.2, 0.25) is 0 Å². The highest BCUT2D eigenvalue weighted by Gasteiger charge is 2.27. The normalized spacial score (nSPS) is 17.9. The van der Waals surface area contributed by atoms with Crippen LogP contribution in [0.3, 0.4) is 0 Å². The molecule has 0 spiro atoms. The van der Waals surface area contributed by atoms with Gasteiger partial charge in [0.15, 0.2) is 0 Å². The van der Waals surface area contributed by atoms with Crippen molar-refractivity contribution in [1.82, 2.24) is 0 Å². The number of aliphatic hydroxyl groups is 1. The third-order valence-electron chi connectivity index (χ3n) is 5.87. The first-order chi connectivity index (χ1) is 16.0. The van der Waals surface area contributed by atoms with Crippen LogP contribution >= 0.6 is 11.8 Å². The van der Waals surface area contributed by atoms with Crippen LogP contribution in [0.25, 0.3) is 0 Å². The molecule has 0 aromatic heterocycles. The van der Waals surface area contributed by atoms with Crippen molar-refractivity contribution in [2.75, 3.05) is 12.9 Å². The number of benzene rings is 1. The predicted octanol–water partition coefficient (Wildman–Crippen LogP) is 6.14. The van der Waals surface area contributed by atoms with Gasteiger partial charge in [-0.25, -0.2) is 0 Å². The number of carbonyl (C=O) groups excluding carboxylic acids is 2. The van der Waals surface area contributed by atoms with E-state index < -0.39 is 6.10 Å². The first kappa shape index (κ1) is 27.2. The van der Waals surface area contributed by atoms with Crippen LogP contribution in [-0.2, 0) is 19.1 Å². The van der Waals surface area contributed by atoms with Crippen molar-refractivity contribution in [3.63, 3.8) is 0 Å². The molecule has 0 fully saturated rings. The summed E-state index contributed by atoms with van der Waals surface area (Å²) < 4.78 is 10.4. The van der Waals surface area contributed by atoms with Crippen molar-refractivity contribution in [2.24, 2.45) is 5.92 Å². The fraction of sp³-hybridized carbons (Fsp3) is 0.556. The van der Waals surface area contributed by atoms with E-state index >= 15 is 0 Å². The van der Waals surface area contributed by atoms with Gasteiger partial charge in [0, 0.05) is 36.0 Å². The summed E-state index contributed by atoms with van der Waals surface area (Å²) in [5.74, 6) is 1.49. The van der Waals surface area contributed by atoms with Crippen LogP contribution in [0.1, 0.15) is 76.7 Å². The number of aliphatic hydroxyl groups excluding tert-OH is 1. The molecule has 3 unspecified atom stereocenters. The smallest absolute Gasteiger partial charge is 0.310 e. The molecule has 2 rings (SSSR count). The number of rotatable bonds is 14. The Morgan fingerprint density at radius 1 is 1.15 bits per heavy atom. The topological polar surface area (TPSA) is 72.8 Å². The Morgan fingerprint density at radius 3 is 2.61 bits per heavy atom. The molecule has 0 amide bonds. The lowest BCUT2D eigenvalue weighted by Crippen LogP contribution is -2.13. The third-order valence-corrected chi connectivity index (χ3v) is 7.21. The zero-order valence-corrected chi connectivity index (χ0v) is 20.9. The summed E-state index contributed by atoms with van der Waals surface area (Å²) >= 11 is 1.73. The number of unbranched alkanes of at least 4 members (excludes halogenated alkanes) is 2. The molecule has 0 bridgehead atoms. The summed E-state index contributed by atoms with van der Waals surface area (Å²) in [5, 5.41) is 10.7. The zero-order chi connectivity index (χ0) is 24.1. The summed E-state index contributed by atoms with van der Waals surface area (Å²) in [4.78, 5) is 24.5. The Labute approximate surface area is 202 Å². The minimum atomic E-state index is -0.580. The highest BCUT2D eigenvalue weighted by molar-refractivity contribution is 8.03. The summed E-state index contributed by atoms with van der Waals surface area (Å²) in [6.07, 6.45) is 9.37. The largest absolute Gasteiger partial charge is 0.469 e. The number of thioether (sulfide) groups is 1. The molecule has 0 saturated carbocycles. The molecule has 3 atom stereocenters. The van der Waals surface area contributed by atoms with Gasteiger partial charge < -0.3 is 14.6 Å². The quantitative estimate of drug-likeness (QED) is 0.198. The lowest BCUT2D eigenvalue weighted by Gasteiger charge is -2.17. The van der Waals surface area contributed by atoms with E-state index in [2.05, 4.69) is 10.8 Å². The van der Waals surface area contributed by atoms with Crippen LogP contribution in [-0.4, -0.2) is 36.0 Å². The molecule has 1 aromatic rings. The molecule has 0 heterocycles. The van der Waals surface area contributed by atoms with E-state index in [4.69, 9.17) is 4.74 Å². The van der Waals surface area contributed by atoms with Gasteiger partial charge in [0.2, 0.25) is 0 Å². The average molecular weight is 475 g/mol. The molecule has 5 nitrogen and oxygen atoms in total. The molecule has 33 heavy (non-hydrogen) atoms. The second kappa shape index (κ2) is 15.0. The van der Waals surface area contributed by atoms with Gasteiger partial charge in [-0.1, -0.05) is 62.8 Å². The fourth-order valence-corrected chi connectivity index (χ4v) is 5.10. The van der Waals surface area contributed by atoms with Crippen molar-refractivity contribution in [1.29, 1.82) is 0 Å². The molecule has 0 saturated heterocycles. The summed E-state index contributed by atoms with van der Waals surface area (Å²) in [7, 11) is 1.41. The SMILES string of the molecule is CCCC(=O)OC1=C(SCCCCCC(=O)OC)C(/C=C/C(O)C(C)c2ccccc2)CC1. The maximum absolute atomic E-state index is 12.1. The van der Waals surface area contributed by atoms with Crippen LogP contribution < -0.4 is 0 Å². The second-order valence-electron chi connectivity index (χ2n) is 8.47. The maximum atomic E-state index is 12.1. The third kappa shape index (κ3) is 9.38. The van der Waals surface area contributed by atoms with E-state index in [1.807, 2.05) is 50.3 Å². The molecule has 1 aliphatic rings. The molecule has 1 aromatic carbocycles. The van der Waals surface area contributed by atoms with E-state index in [1.54, 1.807) is 11.8 Å². The molecule has 6 heteroatoms. The summed E-state index contributed by atoms with van der Waals surface area (Å²) in [6.45, 7) is 3.99. The van der Waals surface area contributed by atoms with Gasteiger partial charge in [0.05, 0.1) is 13.2 Å².